The summed E-state index contributed by atoms with van der Waals surface area (Å²) in [6.07, 6.45) is 2.03. The van der Waals surface area contributed by atoms with Gasteiger partial charge in [-0.2, -0.15) is 0 Å². The summed E-state index contributed by atoms with van der Waals surface area (Å²) in [7, 11) is 1.63. The second-order valence-electron chi connectivity index (χ2n) is 8.87. The Morgan fingerprint density at radius 3 is 2.24 bits per heavy atom. The molecule has 0 saturated heterocycles. The van der Waals surface area contributed by atoms with Crippen LogP contribution < -0.4 is 0 Å². The van der Waals surface area contributed by atoms with Crippen LogP contribution in [0.5, 0.6) is 0 Å². The van der Waals surface area contributed by atoms with Crippen LogP contribution in [-0.2, 0) is 22.6 Å². The maximum absolute atomic E-state index is 13.4. The molecule has 0 N–H and O–H groups in total. The molecule has 180 valence electrons. The molecule has 0 fully saturated rings. The number of ether oxygens (including phenoxy) is 1. The lowest BCUT2D eigenvalue weighted by molar-refractivity contribution is -0.133. The Morgan fingerprint density at radius 1 is 0.912 bits per heavy atom. The Hall–Kier alpha value is -3.38. The van der Waals surface area contributed by atoms with Crippen molar-refractivity contribution in [2.24, 2.45) is 5.92 Å². The summed E-state index contributed by atoms with van der Waals surface area (Å²) in [5, 5.41) is 0. The third-order valence-corrected chi connectivity index (χ3v) is 5.61. The first-order chi connectivity index (χ1) is 16.5. The molecule has 0 radical (unpaired) electrons. The number of aromatic nitrogens is 1. The van der Waals surface area contributed by atoms with E-state index in [0.29, 0.717) is 31.8 Å². The standard InChI is InChI=1S/C28H35N3O3/c1-23(2)19-31(28(33)25-13-8-5-9-14-25)22-27(32)30(17-18-34-3)21-26-15-10-16-29(26)20-24-11-6-4-7-12-24/h4-16,23H,17-22H2,1-3H3. The highest BCUT2D eigenvalue weighted by Gasteiger charge is 2.23. The van der Waals surface area contributed by atoms with Crippen molar-refractivity contribution < 1.29 is 14.3 Å². The van der Waals surface area contributed by atoms with Crippen LogP contribution in [0.4, 0.5) is 0 Å². The van der Waals surface area contributed by atoms with Gasteiger partial charge in [-0.3, -0.25) is 9.59 Å². The summed E-state index contributed by atoms with van der Waals surface area (Å²) in [6, 6.07) is 23.4. The van der Waals surface area contributed by atoms with Gasteiger partial charge in [0.25, 0.3) is 5.91 Å². The molecule has 3 rings (SSSR count). The molecule has 0 aliphatic carbocycles. The van der Waals surface area contributed by atoms with Crippen molar-refractivity contribution in [1.82, 2.24) is 14.4 Å². The molecule has 0 spiro atoms. The van der Waals surface area contributed by atoms with E-state index < -0.39 is 0 Å². The average Bonchev–Trinajstić information content (AvgIpc) is 3.28. The monoisotopic (exact) mass is 461 g/mol. The maximum Gasteiger partial charge on any atom is 0.254 e. The molecule has 1 heterocycles. The molecular weight excluding hydrogens is 426 g/mol. The summed E-state index contributed by atoms with van der Waals surface area (Å²) in [4.78, 5) is 30.0. The zero-order chi connectivity index (χ0) is 24.3. The van der Waals surface area contributed by atoms with Gasteiger partial charge in [0.05, 0.1) is 13.2 Å². The fourth-order valence-corrected chi connectivity index (χ4v) is 3.90. The van der Waals surface area contributed by atoms with Crippen LogP contribution in [0, 0.1) is 5.92 Å². The second kappa shape index (κ2) is 12.8. The van der Waals surface area contributed by atoms with Gasteiger partial charge in [-0.25, -0.2) is 0 Å². The minimum Gasteiger partial charge on any atom is -0.383 e. The number of hydrogen-bond acceptors (Lipinski definition) is 3. The molecule has 6 heteroatoms. The summed E-state index contributed by atoms with van der Waals surface area (Å²) < 4.78 is 7.43. The van der Waals surface area contributed by atoms with E-state index in [1.54, 1.807) is 29.0 Å². The van der Waals surface area contributed by atoms with Crippen LogP contribution in [0.1, 0.15) is 35.5 Å². The fraction of sp³-hybridized carbons (Fsp3) is 0.357. The van der Waals surface area contributed by atoms with Gasteiger partial charge in [0.1, 0.15) is 6.54 Å². The van der Waals surface area contributed by atoms with Gasteiger partial charge < -0.3 is 19.1 Å². The van der Waals surface area contributed by atoms with Crippen LogP contribution in [0.3, 0.4) is 0 Å². The zero-order valence-electron chi connectivity index (χ0n) is 20.4. The lowest BCUT2D eigenvalue weighted by Gasteiger charge is -2.29. The highest BCUT2D eigenvalue weighted by molar-refractivity contribution is 5.96. The van der Waals surface area contributed by atoms with Crippen LogP contribution in [-0.4, -0.2) is 59.5 Å². The third-order valence-electron chi connectivity index (χ3n) is 5.61. The minimum absolute atomic E-state index is 0.0367. The van der Waals surface area contributed by atoms with E-state index in [9.17, 15) is 9.59 Å². The van der Waals surface area contributed by atoms with Gasteiger partial charge in [0.15, 0.2) is 0 Å². The van der Waals surface area contributed by atoms with Crippen molar-refractivity contribution in [1.29, 1.82) is 0 Å². The topological polar surface area (TPSA) is 54.8 Å². The molecule has 2 amide bonds. The molecule has 6 nitrogen and oxygen atoms in total. The lowest BCUT2D eigenvalue weighted by Crippen LogP contribution is -2.45. The van der Waals surface area contributed by atoms with Gasteiger partial charge in [-0.1, -0.05) is 62.4 Å². The smallest absolute Gasteiger partial charge is 0.254 e. The number of benzene rings is 2. The first-order valence-corrected chi connectivity index (χ1v) is 11.8. The Morgan fingerprint density at radius 2 is 1.59 bits per heavy atom. The Bertz CT molecular complexity index is 1030. The molecule has 3 aromatic rings. The van der Waals surface area contributed by atoms with Gasteiger partial charge >= 0.3 is 0 Å². The Balaban J connectivity index is 1.75. The van der Waals surface area contributed by atoms with E-state index >= 15 is 0 Å². The van der Waals surface area contributed by atoms with Gasteiger partial charge in [0.2, 0.25) is 5.91 Å². The van der Waals surface area contributed by atoms with Gasteiger partial charge in [0, 0.05) is 44.2 Å². The number of carbonyl (C=O) groups is 2. The summed E-state index contributed by atoms with van der Waals surface area (Å²) in [5.41, 5.74) is 2.83. The van der Waals surface area contributed by atoms with Crippen LogP contribution in [0.2, 0.25) is 0 Å². The Kier molecular flexibility index (Phi) is 9.47. The highest BCUT2D eigenvalue weighted by atomic mass is 16.5. The van der Waals surface area contributed by atoms with Crippen molar-refractivity contribution >= 4 is 11.8 Å². The largest absolute Gasteiger partial charge is 0.383 e. The summed E-state index contributed by atoms with van der Waals surface area (Å²) in [5.74, 6) is 0.0345. The van der Waals surface area contributed by atoms with Crippen molar-refractivity contribution in [3.05, 3.63) is 95.8 Å². The lowest BCUT2D eigenvalue weighted by atomic mass is 10.1. The number of rotatable bonds is 12. The van der Waals surface area contributed by atoms with E-state index in [0.717, 1.165) is 12.2 Å². The molecule has 2 aromatic carbocycles. The second-order valence-corrected chi connectivity index (χ2v) is 8.87. The zero-order valence-corrected chi connectivity index (χ0v) is 20.4. The predicted octanol–water partition coefficient (Wildman–Crippen LogP) is 4.31. The molecule has 0 unspecified atom stereocenters. The fourth-order valence-electron chi connectivity index (χ4n) is 3.90. The predicted molar refractivity (Wildman–Crippen MR) is 134 cm³/mol. The van der Waals surface area contributed by atoms with Crippen LogP contribution in [0.25, 0.3) is 0 Å². The summed E-state index contributed by atoms with van der Waals surface area (Å²) >= 11 is 0. The van der Waals surface area contributed by atoms with E-state index in [1.807, 2.05) is 54.7 Å². The van der Waals surface area contributed by atoms with Crippen molar-refractivity contribution in [3.63, 3.8) is 0 Å². The van der Waals surface area contributed by atoms with Crippen LogP contribution >= 0.6 is 0 Å². The van der Waals surface area contributed by atoms with Crippen molar-refractivity contribution in [2.45, 2.75) is 26.9 Å². The normalized spacial score (nSPS) is 10.9. The molecule has 0 atom stereocenters. The first kappa shape index (κ1) is 25.2. The SMILES string of the molecule is COCCN(Cc1cccn1Cc1ccccc1)C(=O)CN(CC(C)C)C(=O)c1ccccc1. The molecule has 0 bridgehead atoms. The molecular formula is C28H35N3O3. The number of carbonyl (C=O) groups excluding carboxylic acids is 2. The van der Waals surface area contributed by atoms with Crippen molar-refractivity contribution in [3.8, 4) is 0 Å². The first-order valence-electron chi connectivity index (χ1n) is 11.8. The van der Waals surface area contributed by atoms with E-state index in [1.165, 1.54) is 5.56 Å². The number of amides is 2. The molecule has 0 saturated carbocycles. The van der Waals surface area contributed by atoms with E-state index in [4.69, 9.17) is 4.74 Å². The average molecular weight is 462 g/mol. The molecule has 0 aliphatic heterocycles. The quantitative estimate of drug-likeness (QED) is 0.404. The van der Waals surface area contributed by atoms with Crippen LogP contribution in [0.15, 0.2) is 79.0 Å². The van der Waals surface area contributed by atoms with Gasteiger partial charge in [-0.05, 0) is 35.7 Å². The number of methoxy groups -OCH3 is 1. The molecule has 34 heavy (non-hydrogen) atoms. The van der Waals surface area contributed by atoms with E-state index in [2.05, 4.69) is 30.5 Å². The van der Waals surface area contributed by atoms with Crippen molar-refractivity contribution in [2.75, 3.05) is 33.4 Å². The van der Waals surface area contributed by atoms with Gasteiger partial charge in [-0.15, -0.1) is 0 Å². The Labute approximate surface area is 202 Å². The molecule has 1 aromatic heterocycles. The summed E-state index contributed by atoms with van der Waals surface area (Å²) in [6.45, 7) is 6.74. The maximum atomic E-state index is 13.4. The van der Waals surface area contributed by atoms with E-state index in [-0.39, 0.29) is 24.3 Å². The third kappa shape index (κ3) is 7.32. The molecule has 0 aliphatic rings. The number of nitrogens with zero attached hydrogens (tertiary/aromatic N) is 3. The minimum atomic E-state index is -0.123. The highest BCUT2D eigenvalue weighted by Crippen LogP contribution is 2.13. The number of hydrogen-bond donors (Lipinski definition) is 0.